The molecule has 0 amide bonds. The van der Waals surface area contributed by atoms with Gasteiger partial charge < -0.3 is 5.11 Å². The number of nitrogens with zero attached hydrogens (tertiary/aromatic N) is 1. The molecule has 2 heterocycles. The van der Waals surface area contributed by atoms with Gasteiger partial charge in [-0.2, -0.15) is 11.8 Å². The molecule has 98 valence electrons. The maximum absolute atomic E-state index is 10.5. The fourth-order valence-electron chi connectivity index (χ4n) is 2.95. The topological polar surface area (TPSA) is 40.5 Å². The molecule has 4 heteroatoms. The summed E-state index contributed by atoms with van der Waals surface area (Å²) in [5.74, 6) is 2.65. The van der Waals surface area contributed by atoms with Crippen LogP contribution in [0.4, 0.5) is 0 Å². The molecule has 17 heavy (non-hydrogen) atoms. The number of piperidine rings is 1. The Morgan fingerprint density at radius 2 is 2.06 bits per heavy atom. The summed E-state index contributed by atoms with van der Waals surface area (Å²) in [5, 5.41) is 8.69. The zero-order chi connectivity index (χ0) is 12.1. The number of carbonyl (C=O) groups is 1. The Morgan fingerprint density at radius 1 is 1.29 bits per heavy atom. The van der Waals surface area contributed by atoms with Gasteiger partial charge in [-0.05, 0) is 56.9 Å². The van der Waals surface area contributed by atoms with Crippen LogP contribution in [0.2, 0.25) is 0 Å². The third kappa shape index (κ3) is 4.18. The van der Waals surface area contributed by atoms with Gasteiger partial charge in [-0.25, -0.2) is 0 Å². The molecule has 2 rings (SSSR count). The van der Waals surface area contributed by atoms with Crippen molar-refractivity contribution in [2.75, 3.05) is 24.6 Å². The van der Waals surface area contributed by atoms with Crippen LogP contribution in [0.5, 0.6) is 0 Å². The number of carboxylic acid groups (broad SMARTS) is 1. The van der Waals surface area contributed by atoms with Gasteiger partial charge in [-0.15, -0.1) is 0 Å². The molecular formula is C13H23NO2S. The summed E-state index contributed by atoms with van der Waals surface area (Å²) in [7, 11) is 0. The Kier molecular flexibility index (Phi) is 5.16. The zero-order valence-electron chi connectivity index (χ0n) is 10.4. The Labute approximate surface area is 108 Å². The minimum Gasteiger partial charge on any atom is -0.481 e. The molecule has 0 aliphatic carbocycles. The number of likely N-dealkylation sites (tertiary alicyclic amines) is 1. The number of rotatable bonds is 4. The Hall–Kier alpha value is -0.220. The molecule has 0 bridgehead atoms. The molecular weight excluding hydrogens is 234 g/mol. The predicted octanol–water partition coefficient (Wildman–Crippen LogP) is 2.46. The first-order chi connectivity index (χ1) is 8.25. The Balaban J connectivity index is 1.68. The lowest BCUT2D eigenvalue weighted by Crippen LogP contribution is -2.43. The summed E-state index contributed by atoms with van der Waals surface area (Å²) >= 11 is 2.09. The average Bonchev–Trinajstić information content (AvgIpc) is 2.38. The zero-order valence-corrected chi connectivity index (χ0v) is 11.3. The van der Waals surface area contributed by atoms with Gasteiger partial charge in [0.15, 0.2) is 0 Å². The molecule has 2 aliphatic heterocycles. The highest BCUT2D eigenvalue weighted by atomic mass is 32.2. The van der Waals surface area contributed by atoms with Crippen molar-refractivity contribution in [1.29, 1.82) is 0 Å². The largest absolute Gasteiger partial charge is 0.481 e. The average molecular weight is 257 g/mol. The molecule has 1 N–H and O–H groups in total. The van der Waals surface area contributed by atoms with Crippen LogP contribution in [0, 0.1) is 5.92 Å². The normalized spacial score (nSPS) is 28.1. The van der Waals surface area contributed by atoms with E-state index in [9.17, 15) is 4.79 Å². The maximum Gasteiger partial charge on any atom is 0.303 e. The molecule has 0 spiro atoms. The second-order valence-corrected chi connectivity index (χ2v) is 6.43. The van der Waals surface area contributed by atoms with Crippen molar-refractivity contribution in [1.82, 2.24) is 4.90 Å². The van der Waals surface area contributed by atoms with Crippen LogP contribution >= 0.6 is 11.8 Å². The first kappa shape index (κ1) is 13.2. The van der Waals surface area contributed by atoms with E-state index in [1.165, 1.54) is 50.3 Å². The lowest BCUT2D eigenvalue weighted by Gasteiger charge is -2.39. The summed E-state index contributed by atoms with van der Waals surface area (Å²) < 4.78 is 0. The summed E-state index contributed by atoms with van der Waals surface area (Å²) in [4.78, 5) is 13.2. The van der Waals surface area contributed by atoms with Gasteiger partial charge >= 0.3 is 5.97 Å². The minimum atomic E-state index is -0.642. The molecule has 0 saturated carbocycles. The molecule has 0 aromatic heterocycles. The van der Waals surface area contributed by atoms with Crippen molar-refractivity contribution in [3.8, 4) is 0 Å². The van der Waals surface area contributed by atoms with Crippen LogP contribution in [0.15, 0.2) is 0 Å². The number of aliphatic carboxylic acids is 1. The van der Waals surface area contributed by atoms with E-state index in [0.29, 0.717) is 12.3 Å². The summed E-state index contributed by atoms with van der Waals surface area (Å²) in [6.45, 7) is 2.38. The molecule has 2 aliphatic rings. The monoisotopic (exact) mass is 257 g/mol. The van der Waals surface area contributed by atoms with E-state index >= 15 is 0 Å². The lowest BCUT2D eigenvalue weighted by atomic mass is 9.91. The van der Waals surface area contributed by atoms with E-state index in [0.717, 1.165) is 12.5 Å². The standard InChI is InChI=1S/C13H23NO2S/c15-13(16)4-3-11-5-7-14(8-6-11)12-2-1-9-17-10-12/h11-12H,1-10H2,(H,15,16). The van der Waals surface area contributed by atoms with Crippen LogP contribution in [0.3, 0.4) is 0 Å². The van der Waals surface area contributed by atoms with Crippen LogP contribution in [0.1, 0.15) is 38.5 Å². The minimum absolute atomic E-state index is 0.351. The van der Waals surface area contributed by atoms with Gasteiger partial charge in [-0.3, -0.25) is 9.69 Å². The first-order valence-electron chi connectivity index (χ1n) is 6.79. The van der Waals surface area contributed by atoms with Crippen LogP contribution in [0.25, 0.3) is 0 Å². The van der Waals surface area contributed by atoms with E-state index in [2.05, 4.69) is 16.7 Å². The van der Waals surface area contributed by atoms with Gasteiger partial charge in [0.05, 0.1) is 0 Å². The SMILES string of the molecule is O=C(O)CCC1CCN(C2CCCSC2)CC1. The third-order valence-electron chi connectivity index (χ3n) is 4.07. The number of thioether (sulfide) groups is 1. The molecule has 1 unspecified atom stereocenters. The highest BCUT2D eigenvalue weighted by Crippen LogP contribution is 2.27. The lowest BCUT2D eigenvalue weighted by molar-refractivity contribution is -0.137. The van der Waals surface area contributed by atoms with Gasteiger partial charge in [0, 0.05) is 18.2 Å². The van der Waals surface area contributed by atoms with Crippen molar-refractivity contribution in [2.45, 2.75) is 44.6 Å². The van der Waals surface area contributed by atoms with Crippen molar-refractivity contribution in [3.05, 3.63) is 0 Å². The van der Waals surface area contributed by atoms with Gasteiger partial charge in [-0.1, -0.05) is 0 Å². The molecule has 3 nitrogen and oxygen atoms in total. The quantitative estimate of drug-likeness (QED) is 0.840. The molecule has 0 aromatic carbocycles. The van der Waals surface area contributed by atoms with Crippen LogP contribution in [-0.2, 0) is 4.79 Å². The molecule has 1 atom stereocenters. The molecule has 2 saturated heterocycles. The maximum atomic E-state index is 10.5. The van der Waals surface area contributed by atoms with Gasteiger partial charge in [0.25, 0.3) is 0 Å². The Bertz CT molecular complexity index is 246. The van der Waals surface area contributed by atoms with Gasteiger partial charge in [0.1, 0.15) is 0 Å². The van der Waals surface area contributed by atoms with Crippen molar-refractivity contribution >= 4 is 17.7 Å². The summed E-state index contributed by atoms with van der Waals surface area (Å²) in [6, 6.07) is 0.800. The Morgan fingerprint density at radius 3 is 2.65 bits per heavy atom. The molecule has 2 fully saturated rings. The fourth-order valence-corrected chi connectivity index (χ4v) is 4.13. The third-order valence-corrected chi connectivity index (χ3v) is 5.27. The summed E-state index contributed by atoms with van der Waals surface area (Å²) in [5.41, 5.74) is 0. The second-order valence-electron chi connectivity index (χ2n) is 5.28. The fraction of sp³-hybridized carbons (Fsp3) is 0.923. The number of hydrogen-bond acceptors (Lipinski definition) is 3. The van der Waals surface area contributed by atoms with Crippen LogP contribution < -0.4 is 0 Å². The smallest absolute Gasteiger partial charge is 0.303 e. The predicted molar refractivity (Wildman–Crippen MR) is 71.5 cm³/mol. The van der Waals surface area contributed by atoms with E-state index < -0.39 is 5.97 Å². The van der Waals surface area contributed by atoms with E-state index in [1.54, 1.807) is 0 Å². The van der Waals surface area contributed by atoms with E-state index in [1.807, 2.05) is 0 Å². The number of carboxylic acids is 1. The van der Waals surface area contributed by atoms with E-state index in [-0.39, 0.29) is 0 Å². The van der Waals surface area contributed by atoms with Crippen molar-refractivity contribution in [3.63, 3.8) is 0 Å². The summed E-state index contributed by atoms with van der Waals surface area (Å²) in [6.07, 6.45) is 6.37. The molecule has 0 aromatic rings. The second kappa shape index (κ2) is 6.64. The first-order valence-corrected chi connectivity index (χ1v) is 7.95. The van der Waals surface area contributed by atoms with Crippen molar-refractivity contribution < 1.29 is 9.90 Å². The van der Waals surface area contributed by atoms with Gasteiger partial charge in [0.2, 0.25) is 0 Å². The van der Waals surface area contributed by atoms with E-state index in [4.69, 9.17) is 5.11 Å². The highest BCUT2D eigenvalue weighted by Gasteiger charge is 2.26. The van der Waals surface area contributed by atoms with Crippen molar-refractivity contribution in [2.24, 2.45) is 5.92 Å². The van der Waals surface area contributed by atoms with Crippen LogP contribution in [-0.4, -0.2) is 46.6 Å². The highest BCUT2D eigenvalue weighted by molar-refractivity contribution is 7.99. The number of hydrogen-bond donors (Lipinski definition) is 1. The molecule has 0 radical (unpaired) electrons.